The number of amides is 2. The van der Waals surface area contributed by atoms with Crippen LogP contribution in [0.25, 0.3) is 0 Å². The number of urea groups is 1. The molecule has 0 atom stereocenters. The highest BCUT2D eigenvalue weighted by molar-refractivity contribution is 5.83. The molecule has 104 valence electrons. The van der Waals surface area contributed by atoms with Crippen molar-refractivity contribution in [3.8, 4) is 0 Å². The van der Waals surface area contributed by atoms with Crippen LogP contribution in [-0.4, -0.2) is 18.4 Å². The summed E-state index contributed by atoms with van der Waals surface area (Å²) in [6, 6.07) is 2.84. The van der Waals surface area contributed by atoms with Gasteiger partial charge < -0.3 is 5.73 Å². The topological polar surface area (TPSA) is 67.5 Å². The number of rotatable bonds is 3. The van der Waals surface area contributed by atoms with Crippen LogP contribution in [0.5, 0.6) is 0 Å². The van der Waals surface area contributed by atoms with E-state index in [1.54, 1.807) is 5.43 Å². The first-order valence-electron chi connectivity index (χ1n) is 4.79. The Kier molecular flexibility index (Phi) is 4.07. The molecule has 9 heteroatoms. The Morgan fingerprint density at radius 1 is 1.21 bits per heavy atom. The Morgan fingerprint density at radius 2 is 1.79 bits per heavy atom. The van der Waals surface area contributed by atoms with Gasteiger partial charge in [-0.15, -0.1) is 0 Å². The monoisotopic (exact) mass is 281 g/mol. The molecule has 0 aromatic heterocycles. The maximum Gasteiger partial charge on any atom is 0.458 e. The molecule has 0 heterocycles. The van der Waals surface area contributed by atoms with E-state index in [1.165, 1.54) is 6.07 Å². The first kappa shape index (κ1) is 14.9. The van der Waals surface area contributed by atoms with E-state index in [4.69, 9.17) is 0 Å². The van der Waals surface area contributed by atoms with Gasteiger partial charge in [0.1, 0.15) is 0 Å². The van der Waals surface area contributed by atoms with Crippen LogP contribution in [-0.2, 0) is 5.92 Å². The quantitative estimate of drug-likeness (QED) is 0.498. The average molecular weight is 281 g/mol. The summed E-state index contributed by atoms with van der Waals surface area (Å²) in [6.45, 7) is 0. The molecule has 0 bridgehead atoms. The summed E-state index contributed by atoms with van der Waals surface area (Å²) in [5.41, 5.74) is 4.60. The van der Waals surface area contributed by atoms with Crippen LogP contribution in [0.2, 0.25) is 0 Å². The average Bonchev–Trinajstić information content (AvgIpc) is 2.27. The van der Waals surface area contributed by atoms with Gasteiger partial charge in [-0.05, 0) is 0 Å². The van der Waals surface area contributed by atoms with Gasteiger partial charge in [0.25, 0.3) is 0 Å². The minimum atomic E-state index is -5.73. The molecule has 4 nitrogen and oxygen atoms in total. The van der Waals surface area contributed by atoms with Gasteiger partial charge in [0, 0.05) is 11.1 Å². The summed E-state index contributed by atoms with van der Waals surface area (Å²) in [6.07, 6.45) is -5.08. The van der Waals surface area contributed by atoms with E-state index >= 15 is 0 Å². The van der Waals surface area contributed by atoms with Gasteiger partial charge in [0.2, 0.25) is 0 Å². The lowest BCUT2D eigenvalue weighted by molar-refractivity contribution is -0.289. The van der Waals surface area contributed by atoms with E-state index in [0.29, 0.717) is 12.3 Å². The highest BCUT2D eigenvalue weighted by Crippen LogP contribution is 2.44. The number of hydrogen-bond donors (Lipinski definition) is 2. The standard InChI is InChI=1S/C10H8F5N3O/c11-9(12,10(13,14)15)7-4-2-1-3-6(7)5-17-18-8(16)19/h1-5H,(H3,16,18,19). The minimum Gasteiger partial charge on any atom is -0.350 e. The zero-order valence-corrected chi connectivity index (χ0v) is 9.21. The van der Waals surface area contributed by atoms with Crippen LogP contribution in [0.3, 0.4) is 0 Å². The molecule has 0 aliphatic heterocycles. The van der Waals surface area contributed by atoms with Crippen LogP contribution in [0.15, 0.2) is 29.4 Å². The SMILES string of the molecule is NC(=O)NN=Cc1ccccc1C(F)(F)C(F)(F)F. The van der Waals surface area contributed by atoms with E-state index in [9.17, 15) is 26.7 Å². The first-order valence-corrected chi connectivity index (χ1v) is 4.79. The molecule has 1 rings (SSSR count). The number of carbonyl (C=O) groups excluding carboxylic acids is 1. The van der Waals surface area contributed by atoms with Gasteiger partial charge in [0.15, 0.2) is 0 Å². The minimum absolute atomic E-state index is 0.487. The lowest BCUT2D eigenvalue weighted by Crippen LogP contribution is -2.34. The molecule has 0 saturated carbocycles. The van der Waals surface area contributed by atoms with E-state index < -0.39 is 29.3 Å². The van der Waals surface area contributed by atoms with Crippen molar-refractivity contribution in [3.05, 3.63) is 35.4 Å². The predicted octanol–water partition coefficient (Wildman–Crippen LogP) is 2.34. The van der Waals surface area contributed by atoms with E-state index in [1.807, 2.05) is 0 Å². The van der Waals surface area contributed by atoms with E-state index in [2.05, 4.69) is 10.8 Å². The second-order valence-corrected chi connectivity index (χ2v) is 3.39. The van der Waals surface area contributed by atoms with Gasteiger partial charge in [-0.25, -0.2) is 10.2 Å². The van der Waals surface area contributed by atoms with Crippen LogP contribution < -0.4 is 11.2 Å². The Balaban J connectivity index is 3.16. The molecular formula is C10H8F5N3O. The van der Waals surface area contributed by atoms with Gasteiger partial charge in [-0.2, -0.15) is 27.1 Å². The summed E-state index contributed by atoms with van der Waals surface area (Å²) >= 11 is 0. The van der Waals surface area contributed by atoms with Gasteiger partial charge in [0.05, 0.1) is 6.21 Å². The Morgan fingerprint density at radius 3 is 2.32 bits per heavy atom. The molecule has 0 spiro atoms. The lowest BCUT2D eigenvalue weighted by Gasteiger charge is -2.21. The summed E-state index contributed by atoms with van der Waals surface area (Å²) < 4.78 is 63.2. The predicted molar refractivity (Wildman–Crippen MR) is 56.7 cm³/mol. The summed E-state index contributed by atoms with van der Waals surface area (Å²) in [5, 5.41) is 3.15. The molecule has 0 radical (unpaired) electrons. The molecule has 1 aromatic rings. The third-order valence-electron chi connectivity index (χ3n) is 2.03. The molecule has 0 unspecified atom stereocenters. The number of nitrogens with one attached hydrogen (secondary N) is 1. The van der Waals surface area contributed by atoms with Crippen molar-refractivity contribution in [2.45, 2.75) is 12.1 Å². The highest BCUT2D eigenvalue weighted by Gasteiger charge is 2.59. The summed E-state index contributed by atoms with van der Waals surface area (Å²) in [5.74, 6) is -5.03. The molecule has 0 fully saturated rings. The number of hydrogen-bond acceptors (Lipinski definition) is 2. The maximum absolute atomic E-state index is 13.2. The van der Waals surface area contributed by atoms with Crippen molar-refractivity contribution >= 4 is 12.2 Å². The van der Waals surface area contributed by atoms with Crippen molar-refractivity contribution in [2.24, 2.45) is 10.8 Å². The van der Waals surface area contributed by atoms with Gasteiger partial charge >= 0.3 is 18.1 Å². The molecule has 0 aliphatic rings. The molecular weight excluding hydrogens is 273 g/mol. The summed E-state index contributed by atoms with van der Waals surface area (Å²) in [7, 11) is 0. The van der Waals surface area contributed by atoms with Crippen molar-refractivity contribution < 1.29 is 26.7 Å². The number of nitrogens with zero attached hydrogens (tertiary/aromatic N) is 1. The number of carbonyl (C=O) groups is 1. The van der Waals surface area contributed by atoms with E-state index in [0.717, 1.165) is 12.1 Å². The van der Waals surface area contributed by atoms with Crippen LogP contribution in [0.1, 0.15) is 11.1 Å². The molecule has 19 heavy (non-hydrogen) atoms. The first-order chi connectivity index (χ1) is 8.66. The van der Waals surface area contributed by atoms with Crippen molar-refractivity contribution in [1.82, 2.24) is 5.43 Å². The van der Waals surface area contributed by atoms with Crippen molar-refractivity contribution in [2.75, 3.05) is 0 Å². The second kappa shape index (κ2) is 5.21. The zero-order valence-electron chi connectivity index (χ0n) is 9.21. The third-order valence-corrected chi connectivity index (χ3v) is 2.03. The van der Waals surface area contributed by atoms with E-state index in [-0.39, 0.29) is 0 Å². The Bertz CT molecular complexity index is 498. The second-order valence-electron chi connectivity index (χ2n) is 3.39. The Labute approximate surface area is 104 Å². The third kappa shape index (κ3) is 3.39. The number of halogens is 5. The van der Waals surface area contributed by atoms with Crippen LogP contribution >= 0.6 is 0 Å². The van der Waals surface area contributed by atoms with Crippen molar-refractivity contribution in [1.29, 1.82) is 0 Å². The highest BCUT2D eigenvalue weighted by atomic mass is 19.4. The number of alkyl halides is 5. The van der Waals surface area contributed by atoms with Gasteiger partial charge in [-0.3, -0.25) is 0 Å². The number of nitrogens with two attached hydrogens (primary N) is 1. The van der Waals surface area contributed by atoms with Crippen LogP contribution in [0, 0.1) is 0 Å². The largest absolute Gasteiger partial charge is 0.458 e. The Hall–Kier alpha value is -2.19. The lowest BCUT2D eigenvalue weighted by atomic mass is 10.0. The molecule has 2 amide bonds. The van der Waals surface area contributed by atoms with Crippen molar-refractivity contribution in [3.63, 3.8) is 0 Å². The number of benzene rings is 1. The maximum atomic E-state index is 13.2. The number of primary amides is 1. The van der Waals surface area contributed by atoms with Crippen LogP contribution in [0.4, 0.5) is 26.7 Å². The fraction of sp³-hybridized carbons (Fsp3) is 0.200. The molecule has 3 N–H and O–H groups in total. The summed E-state index contributed by atoms with van der Waals surface area (Å²) in [4.78, 5) is 10.3. The molecule has 1 aromatic carbocycles. The van der Waals surface area contributed by atoms with Gasteiger partial charge in [-0.1, -0.05) is 24.3 Å². The molecule has 0 saturated heterocycles. The molecule has 0 aliphatic carbocycles. The normalized spacial score (nSPS) is 12.7. The smallest absolute Gasteiger partial charge is 0.350 e. The fourth-order valence-corrected chi connectivity index (χ4v) is 1.21. The zero-order chi connectivity index (χ0) is 14.7. The number of hydrazone groups is 1. The fourth-order valence-electron chi connectivity index (χ4n) is 1.21.